The van der Waals surface area contributed by atoms with Crippen molar-refractivity contribution >= 4 is 16.5 Å². The number of nitrogens with zero attached hydrogens (tertiary/aromatic N) is 2. The van der Waals surface area contributed by atoms with Crippen LogP contribution in [-0.4, -0.2) is 29.5 Å². The third-order valence-corrected chi connectivity index (χ3v) is 5.78. The Kier molecular flexibility index (Phi) is 4.08. The highest BCUT2D eigenvalue weighted by Gasteiger charge is 2.36. The van der Waals surface area contributed by atoms with Crippen molar-refractivity contribution in [3.05, 3.63) is 11.1 Å². The van der Waals surface area contributed by atoms with Gasteiger partial charge in [0.15, 0.2) is 5.13 Å². The number of anilines is 1. The molecule has 2 fully saturated rings. The van der Waals surface area contributed by atoms with Gasteiger partial charge in [0.2, 0.25) is 0 Å². The summed E-state index contributed by atoms with van der Waals surface area (Å²) in [6, 6.07) is 0. The largest absolute Gasteiger partial charge is 0.362 e. The van der Waals surface area contributed by atoms with Crippen LogP contribution in [0.2, 0.25) is 0 Å². The average Bonchev–Trinajstić information content (AvgIpc) is 3.04. The van der Waals surface area contributed by atoms with E-state index in [0.717, 1.165) is 23.6 Å². The molecular formula is C15H25N3S. The molecule has 1 saturated carbocycles. The lowest BCUT2D eigenvalue weighted by Crippen LogP contribution is -2.38. The number of likely N-dealkylation sites (tertiary alicyclic amines) is 1. The van der Waals surface area contributed by atoms with Crippen LogP contribution in [0.25, 0.3) is 0 Å². The van der Waals surface area contributed by atoms with E-state index < -0.39 is 0 Å². The zero-order valence-corrected chi connectivity index (χ0v) is 12.8. The van der Waals surface area contributed by atoms with Crippen LogP contribution >= 0.6 is 11.3 Å². The zero-order valence-electron chi connectivity index (χ0n) is 12.0. The molecule has 3 rings (SSSR count). The molecule has 0 bridgehead atoms. The van der Waals surface area contributed by atoms with E-state index in [9.17, 15) is 0 Å². The van der Waals surface area contributed by atoms with Crippen molar-refractivity contribution in [2.45, 2.75) is 52.0 Å². The smallest absolute Gasteiger partial charge is 0.182 e. The van der Waals surface area contributed by atoms with Gasteiger partial charge in [0, 0.05) is 24.2 Å². The monoisotopic (exact) mass is 279 g/mol. The Morgan fingerprint density at radius 2 is 2.00 bits per heavy atom. The second kappa shape index (κ2) is 5.80. The first-order chi connectivity index (χ1) is 9.30. The van der Waals surface area contributed by atoms with E-state index in [-0.39, 0.29) is 0 Å². The van der Waals surface area contributed by atoms with Gasteiger partial charge in [-0.1, -0.05) is 12.8 Å². The predicted octanol–water partition coefficient (Wildman–Crippen LogP) is 3.73. The van der Waals surface area contributed by atoms with Crippen LogP contribution in [0.1, 0.15) is 50.3 Å². The lowest BCUT2D eigenvalue weighted by atomic mass is 9.77. The second-order valence-electron chi connectivity index (χ2n) is 6.15. The quantitative estimate of drug-likeness (QED) is 0.910. The number of nitrogens with one attached hydrogen (secondary N) is 1. The van der Waals surface area contributed by atoms with Crippen LogP contribution in [0.3, 0.4) is 0 Å². The number of rotatable bonds is 4. The summed E-state index contributed by atoms with van der Waals surface area (Å²) in [4.78, 5) is 8.44. The Morgan fingerprint density at radius 3 is 2.68 bits per heavy atom. The maximum absolute atomic E-state index is 4.42. The highest BCUT2D eigenvalue weighted by molar-refractivity contribution is 7.15. The van der Waals surface area contributed by atoms with E-state index >= 15 is 0 Å². The topological polar surface area (TPSA) is 28.2 Å². The van der Waals surface area contributed by atoms with E-state index in [4.69, 9.17) is 0 Å². The van der Waals surface area contributed by atoms with Crippen LogP contribution in [-0.2, 0) is 6.54 Å². The van der Waals surface area contributed by atoms with Gasteiger partial charge in [0.05, 0.1) is 0 Å². The minimum atomic E-state index is 0.735. The standard InChI is InChI=1S/C15H25N3S/c1-2-16-14-17-11-13(19-14)12-18-9-7-15(8-10-18)5-3-4-6-15/h11H,2-10,12H2,1H3,(H,16,17). The molecule has 0 radical (unpaired) electrons. The average molecular weight is 279 g/mol. The minimum Gasteiger partial charge on any atom is -0.362 e. The second-order valence-corrected chi connectivity index (χ2v) is 7.26. The summed E-state index contributed by atoms with van der Waals surface area (Å²) in [5, 5.41) is 4.36. The molecule has 4 heteroatoms. The van der Waals surface area contributed by atoms with Gasteiger partial charge in [-0.15, -0.1) is 11.3 Å². The van der Waals surface area contributed by atoms with Gasteiger partial charge in [0.1, 0.15) is 0 Å². The number of aromatic nitrogens is 1. The predicted molar refractivity (Wildman–Crippen MR) is 81.7 cm³/mol. The number of thiazole rings is 1. The fraction of sp³-hybridized carbons (Fsp3) is 0.800. The normalized spacial score (nSPS) is 23.0. The summed E-state index contributed by atoms with van der Waals surface area (Å²) in [5.41, 5.74) is 0.735. The van der Waals surface area contributed by atoms with Gasteiger partial charge in [-0.3, -0.25) is 4.90 Å². The van der Waals surface area contributed by atoms with Crippen LogP contribution in [0.4, 0.5) is 5.13 Å². The molecule has 0 atom stereocenters. The molecule has 1 N–H and O–H groups in total. The van der Waals surface area contributed by atoms with E-state index in [1.165, 1.54) is 56.5 Å². The lowest BCUT2D eigenvalue weighted by Gasteiger charge is -2.39. The number of hydrogen-bond acceptors (Lipinski definition) is 4. The Morgan fingerprint density at radius 1 is 1.26 bits per heavy atom. The summed E-state index contributed by atoms with van der Waals surface area (Å²) >= 11 is 1.81. The fourth-order valence-electron chi connectivity index (χ4n) is 3.64. The third-order valence-electron chi connectivity index (χ3n) is 4.84. The highest BCUT2D eigenvalue weighted by atomic mass is 32.1. The van der Waals surface area contributed by atoms with Gasteiger partial charge >= 0.3 is 0 Å². The molecule has 19 heavy (non-hydrogen) atoms. The molecule has 1 spiro atoms. The van der Waals surface area contributed by atoms with Crippen LogP contribution in [0.5, 0.6) is 0 Å². The van der Waals surface area contributed by atoms with E-state index in [1.54, 1.807) is 0 Å². The lowest BCUT2D eigenvalue weighted by molar-refractivity contribution is 0.104. The van der Waals surface area contributed by atoms with Gasteiger partial charge in [-0.25, -0.2) is 4.98 Å². The molecule has 106 valence electrons. The van der Waals surface area contributed by atoms with Gasteiger partial charge in [-0.05, 0) is 51.1 Å². The molecule has 0 unspecified atom stereocenters. The summed E-state index contributed by atoms with van der Waals surface area (Å²) in [5.74, 6) is 0. The SMILES string of the molecule is CCNc1ncc(CN2CCC3(CCCC3)CC2)s1. The third kappa shape index (κ3) is 3.11. The highest BCUT2D eigenvalue weighted by Crippen LogP contribution is 2.46. The van der Waals surface area contributed by atoms with Crippen molar-refractivity contribution in [2.24, 2.45) is 5.41 Å². The first kappa shape index (κ1) is 13.4. The molecule has 0 amide bonds. The first-order valence-corrected chi connectivity index (χ1v) is 8.52. The van der Waals surface area contributed by atoms with Crippen molar-refractivity contribution in [3.63, 3.8) is 0 Å². The number of piperidine rings is 1. The molecule has 3 nitrogen and oxygen atoms in total. The van der Waals surface area contributed by atoms with Crippen molar-refractivity contribution in [3.8, 4) is 0 Å². The van der Waals surface area contributed by atoms with E-state index in [1.807, 2.05) is 17.5 Å². The molecule has 1 aliphatic heterocycles. The molecule has 2 heterocycles. The Balaban J connectivity index is 1.51. The molecule has 1 aromatic rings. The fourth-order valence-corrected chi connectivity index (χ4v) is 4.57. The number of hydrogen-bond donors (Lipinski definition) is 1. The molecule has 2 aliphatic rings. The summed E-state index contributed by atoms with van der Waals surface area (Å²) in [7, 11) is 0. The van der Waals surface area contributed by atoms with E-state index in [2.05, 4.69) is 22.1 Å². The van der Waals surface area contributed by atoms with Crippen LogP contribution in [0, 0.1) is 5.41 Å². The minimum absolute atomic E-state index is 0.735. The van der Waals surface area contributed by atoms with Crippen molar-refractivity contribution < 1.29 is 0 Å². The van der Waals surface area contributed by atoms with Gasteiger partial charge < -0.3 is 5.32 Å². The maximum atomic E-state index is 4.42. The van der Waals surface area contributed by atoms with Gasteiger partial charge in [-0.2, -0.15) is 0 Å². The Labute approximate surface area is 120 Å². The molecular weight excluding hydrogens is 254 g/mol. The summed E-state index contributed by atoms with van der Waals surface area (Å²) < 4.78 is 0. The Hall–Kier alpha value is -0.610. The summed E-state index contributed by atoms with van der Waals surface area (Å²) in [6.45, 7) is 6.74. The molecule has 1 saturated heterocycles. The van der Waals surface area contributed by atoms with Crippen LogP contribution in [0.15, 0.2) is 6.20 Å². The van der Waals surface area contributed by atoms with Crippen molar-refractivity contribution in [1.82, 2.24) is 9.88 Å². The summed E-state index contributed by atoms with van der Waals surface area (Å²) in [6.07, 6.45) is 10.8. The molecule has 0 aromatic carbocycles. The van der Waals surface area contributed by atoms with E-state index in [0.29, 0.717) is 0 Å². The maximum Gasteiger partial charge on any atom is 0.182 e. The molecule has 1 aromatic heterocycles. The van der Waals surface area contributed by atoms with Crippen molar-refractivity contribution in [2.75, 3.05) is 25.0 Å². The molecule has 1 aliphatic carbocycles. The van der Waals surface area contributed by atoms with Gasteiger partial charge in [0.25, 0.3) is 0 Å². The van der Waals surface area contributed by atoms with Crippen molar-refractivity contribution in [1.29, 1.82) is 0 Å². The first-order valence-electron chi connectivity index (χ1n) is 7.71. The Bertz CT molecular complexity index is 399. The zero-order chi connectivity index (χ0) is 13.1. The van der Waals surface area contributed by atoms with Crippen LogP contribution < -0.4 is 5.32 Å².